The Hall–Kier alpha value is -1.95. The second-order valence-electron chi connectivity index (χ2n) is 6.75. The van der Waals surface area contributed by atoms with E-state index in [0.29, 0.717) is 13.1 Å². The van der Waals surface area contributed by atoms with Crippen LogP contribution in [0.2, 0.25) is 0 Å². The molecule has 1 N–H and O–H groups in total. The van der Waals surface area contributed by atoms with Crippen LogP contribution in [0.25, 0.3) is 0 Å². The van der Waals surface area contributed by atoms with Crippen molar-refractivity contribution < 1.29 is 13.6 Å². The fourth-order valence-corrected chi connectivity index (χ4v) is 3.38. The number of amides is 2. The summed E-state index contributed by atoms with van der Waals surface area (Å²) in [6, 6.07) is 3.12. The lowest BCUT2D eigenvalue weighted by Gasteiger charge is -2.35. The molecule has 0 atom stereocenters. The van der Waals surface area contributed by atoms with E-state index in [-0.39, 0.29) is 11.7 Å². The van der Waals surface area contributed by atoms with E-state index in [1.54, 1.807) is 10.5 Å². The fraction of sp³-hybridized carbons (Fsp3) is 0.526. The minimum absolute atomic E-state index is 0.263. The van der Waals surface area contributed by atoms with Gasteiger partial charge in [-0.2, -0.15) is 0 Å². The predicted molar refractivity (Wildman–Crippen MR) is 94.6 cm³/mol. The molecule has 1 aliphatic carbocycles. The van der Waals surface area contributed by atoms with E-state index in [4.69, 9.17) is 0 Å². The van der Waals surface area contributed by atoms with Crippen LogP contribution >= 0.6 is 0 Å². The lowest BCUT2D eigenvalue weighted by Crippen LogP contribution is -2.50. The molecular weight excluding hydrogens is 324 g/mol. The van der Waals surface area contributed by atoms with Crippen LogP contribution in [0.3, 0.4) is 0 Å². The highest BCUT2D eigenvalue weighted by Gasteiger charge is 2.21. The number of benzene rings is 1. The molecule has 0 unspecified atom stereocenters. The normalized spacial score (nSPS) is 18.8. The van der Waals surface area contributed by atoms with Gasteiger partial charge in [0, 0.05) is 44.5 Å². The van der Waals surface area contributed by atoms with Gasteiger partial charge in [0.05, 0.1) is 0 Å². The van der Waals surface area contributed by atoms with Gasteiger partial charge in [-0.3, -0.25) is 4.90 Å². The Morgan fingerprint density at radius 2 is 1.88 bits per heavy atom. The Balaban J connectivity index is 1.42. The first-order chi connectivity index (χ1) is 12.1. The number of hydrogen-bond acceptors (Lipinski definition) is 2. The van der Waals surface area contributed by atoms with E-state index in [2.05, 4.69) is 16.3 Å². The Bertz CT molecular complexity index is 640. The Morgan fingerprint density at radius 1 is 1.08 bits per heavy atom. The highest BCUT2D eigenvalue weighted by atomic mass is 19.2. The summed E-state index contributed by atoms with van der Waals surface area (Å²) < 4.78 is 26.1. The summed E-state index contributed by atoms with van der Waals surface area (Å²) in [5.74, 6) is -1.88. The monoisotopic (exact) mass is 349 g/mol. The molecule has 2 amide bonds. The van der Waals surface area contributed by atoms with Gasteiger partial charge in [0.15, 0.2) is 11.6 Å². The third-order valence-electron chi connectivity index (χ3n) is 4.96. The molecule has 0 bridgehead atoms. The maximum Gasteiger partial charge on any atom is 0.321 e. The summed E-state index contributed by atoms with van der Waals surface area (Å²) in [5.41, 5.74) is 1.85. The minimum atomic E-state index is -0.959. The van der Waals surface area contributed by atoms with Crippen molar-refractivity contribution >= 4 is 11.7 Å². The minimum Gasteiger partial charge on any atom is -0.322 e. The van der Waals surface area contributed by atoms with Crippen molar-refractivity contribution in [1.82, 2.24) is 9.80 Å². The Kier molecular flexibility index (Phi) is 6.02. The van der Waals surface area contributed by atoms with Gasteiger partial charge in [-0.25, -0.2) is 13.6 Å². The number of rotatable bonds is 4. The zero-order valence-corrected chi connectivity index (χ0v) is 14.4. The van der Waals surface area contributed by atoms with Crippen molar-refractivity contribution in [2.24, 2.45) is 0 Å². The zero-order chi connectivity index (χ0) is 17.6. The molecule has 1 fully saturated rings. The molecule has 0 saturated carbocycles. The summed E-state index contributed by atoms with van der Waals surface area (Å²) in [4.78, 5) is 16.4. The number of urea groups is 1. The number of nitrogens with zero attached hydrogens (tertiary/aromatic N) is 2. The quantitative estimate of drug-likeness (QED) is 0.834. The van der Waals surface area contributed by atoms with Gasteiger partial charge in [-0.05, 0) is 44.2 Å². The molecule has 25 heavy (non-hydrogen) atoms. The Morgan fingerprint density at radius 3 is 2.56 bits per heavy atom. The SMILES string of the molecule is O=C(Nc1ccc(F)c(F)c1)N1CCN(CCC2=CCCCC2)CC1. The molecule has 4 nitrogen and oxygen atoms in total. The maximum atomic E-state index is 13.2. The maximum absolute atomic E-state index is 13.2. The highest BCUT2D eigenvalue weighted by molar-refractivity contribution is 5.89. The first-order valence-electron chi connectivity index (χ1n) is 9.03. The standard InChI is InChI=1S/C19H25F2N3O/c20-17-7-6-16(14-18(17)21)22-19(25)24-12-10-23(11-13-24)9-8-15-4-2-1-3-5-15/h4,6-7,14H,1-3,5,8-13H2,(H,22,25). The topological polar surface area (TPSA) is 35.6 Å². The molecule has 2 aliphatic rings. The second kappa shape index (κ2) is 8.43. The van der Waals surface area contributed by atoms with Gasteiger partial charge < -0.3 is 10.2 Å². The second-order valence-corrected chi connectivity index (χ2v) is 6.75. The summed E-state index contributed by atoms with van der Waals surface area (Å²) in [5, 5.41) is 2.63. The molecule has 0 aromatic heterocycles. The third kappa shape index (κ3) is 5.01. The van der Waals surface area contributed by atoms with Gasteiger partial charge in [0.25, 0.3) is 0 Å². The van der Waals surface area contributed by atoms with Crippen molar-refractivity contribution in [3.05, 3.63) is 41.5 Å². The Labute approximate surface area is 147 Å². The van der Waals surface area contributed by atoms with Crippen molar-refractivity contribution in [3.8, 4) is 0 Å². The van der Waals surface area contributed by atoms with E-state index in [1.165, 1.54) is 31.7 Å². The van der Waals surface area contributed by atoms with Crippen LogP contribution in [-0.2, 0) is 0 Å². The van der Waals surface area contributed by atoms with E-state index in [0.717, 1.165) is 38.2 Å². The van der Waals surface area contributed by atoms with Gasteiger partial charge in [0.2, 0.25) is 0 Å². The molecule has 3 rings (SSSR count). The molecular formula is C19H25F2N3O. The third-order valence-corrected chi connectivity index (χ3v) is 4.96. The molecule has 1 aliphatic heterocycles. The number of carbonyl (C=O) groups excluding carboxylic acids is 1. The first kappa shape index (κ1) is 17.9. The summed E-state index contributed by atoms with van der Waals surface area (Å²) in [7, 11) is 0. The number of hydrogen-bond donors (Lipinski definition) is 1. The molecule has 1 saturated heterocycles. The number of piperazine rings is 1. The average Bonchev–Trinajstić information content (AvgIpc) is 2.64. The van der Waals surface area contributed by atoms with E-state index < -0.39 is 11.6 Å². The fourth-order valence-electron chi connectivity index (χ4n) is 3.38. The van der Waals surface area contributed by atoms with Crippen LogP contribution in [0, 0.1) is 11.6 Å². The van der Waals surface area contributed by atoms with Gasteiger partial charge >= 0.3 is 6.03 Å². The molecule has 1 aromatic carbocycles. The van der Waals surface area contributed by atoms with Crippen LogP contribution < -0.4 is 5.32 Å². The number of carbonyl (C=O) groups is 1. The van der Waals surface area contributed by atoms with Crippen molar-refractivity contribution in [2.75, 3.05) is 38.0 Å². The lowest BCUT2D eigenvalue weighted by molar-refractivity contribution is 0.148. The number of anilines is 1. The summed E-state index contributed by atoms with van der Waals surface area (Å²) >= 11 is 0. The van der Waals surface area contributed by atoms with Gasteiger partial charge in [-0.15, -0.1) is 0 Å². The first-order valence-corrected chi connectivity index (χ1v) is 9.03. The molecule has 1 heterocycles. The molecule has 1 aromatic rings. The van der Waals surface area contributed by atoms with Crippen LogP contribution in [0.4, 0.5) is 19.3 Å². The van der Waals surface area contributed by atoms with E-state index in [1.807, 2.05) is 0 Å². The van der Waals surface area contributed by atoms with Crippen molar-refractivity contribution in [3.63, 3.8) is 0 Å². The summed E-state index contributed by atoms with van der Waals surface area (Å²) in [6.45, 7) is 4.03. The van der Waals surface area contributed by atoms with Gasteiger partial charge in [-0.1, -0.05) is 11.6 Å². The van der Waals surface area contributed by atoms with Crippen molar-refractivity contribution in [1.29, 1.82) is 0 Å². The molecule has 0 radical (unpaired) electrons. The largest absolute Gasteiger partial charge is 0.322 e. The number of allylic oxidation sites excluding steroid dienone is 1. The molecule has 136 valence electrons. The van der Waals surface area contributed by atoms with Gasteiger partial charge in [0.1, 0.15) is 0 Å². The number of nitrogens with one attached hydrogen (secondary N) is 1. The van der Waals surface area contributed by atoms with Crippen LogP contribution in [-0.4, -0.2) is 48.6 Å². The lowest BCUT2D eigenvalue weighted by atomic mass is 9.97. The van der Waals surface area contributed by atoms with Crippen molar-refractivity contribution in [2.45, 2.75) is 32.1 Å². The molecule has 0 spiro atoms. The van der Waals surface area contributed by atoms with Crippen LogP contribution in [0.15, 0.2) is 29.8 Å². The summed E-state index contributed by atoms with van der Waals surface area (Å²) in [6.07, 6.45) is 8.58. The zero-order valence-electron chi connectivity index (χ0n) is 14.4. The molecule has 6 heteroatoms. The number of halogens is 2. The predicted octanol–water partition coefficient (Wildman–Crippen LogP) is 4.00. The van der Waals surface area contributed by atoms with Crippen LogP contribution in [0.5, 0.6) is 0 Å². The van der Waals surface area contributed by atoms with E-state index >= 15 is 0 Å². The van der Waals surface area contributed by atoms with Crippen LogP contribution in [0.1, 0.15) is 32.1 Å². The highest BCUT2D eigenvalue weighted by Crippen LogP contribution is 2.20. The average molecular weight is 349 g/mol. The smallest absolute Gasteiger partial charge is 0.321 e. The van der Waals surface area contributed by atoms with E-state index in [9.17, 15) is 13.6 Å².